The summed E-state index contributed by atoms with van der Waals surface area (Å²) < 4.78 is 5.14. The van der Waals surface area contributed by atoms with Crippen molar-refractivity contribution in [3.05, 3.63) is 35.9 Å². The Balaban J connectivity index is 1.86. The van der Waals surface area contributed by atoms with Crippen LogP contribution in [0.1, 0.15) is 30.7 Å². The lowest BCUT2D eigenvalue weighted by Gasteiger charge is -2.28. The van der Waals surface area contributed by atoms with Gasteiger partial charge in [-0.2, -0.15) is 0 Å². The minimum absolute atomic E-state index is 0.0367. The van der Waals surface area contributed by atoms with Gasteiger partial charge in [-0.3, -0.25) is 4.79 Å². The molecule has 0 bridgehead atoms. The maximum atomic E-state index is 11.6. The van der Waals surface area contributed by atoms with Gasteiger partial charge >= 0.3 is 5.97 Å². The van der Waals surface area contributed by atoms with Gasteiger partial charge in [0.1, 0.15) is 0 Å². The second-order valence-corrected chi connectivity index (χ2v) is 4.82. The first-order valence-corrected chi connectivity index (χ1v) is 6.08. The van der Waals surface area contributed by atoms with Crippen molar-refractivity contribution in [1.82, 2.24) is 0 Å². The van der Waals surface area contributed by atoms with Crippen LogP contribution in [0.15, 0.2) is 30.3 Å². The molecule has 1 aliphatic heterocycles. The summed E-state index contributed by atoms with van der Waals surface area (Å²) in [7, 11) is 0. The first kappa shape index (κ1) is 9.88. The minimum Gasteiger partial charge on any atom is -0.465 e. The standard InChI is InChI=1S/C14H16O2/c15-14-13-7-6-11(12(13)8-9-16-14)10-4-2-1-3-5-10/h1-5,11-13H,6-9H2/t11-,12+,13-/m1/s1. The molecule has 0 unspecified atom stereocenters. The second kappa shape index (κ2) is 3.93. The van der Waals surface area contributed by atoms with Crippen molar-refractivity contribution in [1.29, 1.82) is 0 Å². The molecule has 1 aliphatic carbocycles. The molecule has 2 aliphatic rings. The third kappa shape index (κ3) is 1.53. The number of rotatable bonds is 1. The molecular weight excluding hydrogens is 200 g/mol. The van der Waals surface area contributed by atoms with Crippen LogP contribution in [0.5, 0.6) is 0 Å². The van der Waals surface area contributed by atoms with Crippen molar-refractivity contribution >= 4 is 5.97 Å². The number of benzene rings is 1. The fraction of sp³-hybridized carbons (Fsp3) is 0.500. The Morgan fingerprint density at radius 2 is 1.75 bits per heavy atom. The van der Waals surface area contributed by atoms with Crippen LogP contribution in [0.3, 0.4) is 0 Å². The van der Waals surface area contributed by atoms with Crippen molar-refractivity contribution < 1.29 is 9.53 Å². The first-order valence-electron chi connectivity index (χ1n) is 6.08. The zero-order valence-electron chi connectivity index (χ0n) is 9.26. The fourth-order valence-corrected chi connectivity index (χ4v) is 3.28. The lowest BCUT2D eigenvalue weighted by molar-refractivity contribution is -0.155. The van der Waals surface area contributed by atoms with Crippen LogP contribution in [0, 0.1) is 11.8 Å². The van der Waals surface area contributed by atoms with Crippen molar-refractivity contribution in [2.75, 3.05) is 6.61 Å². The molecule has 0 radical (unpaired) electrons. The highest BCUT2D eigenvalue weighted by Crippen LogP contribution is 2.47. The average Bonchev–Trinajstić information content (AvgIpc) is 2.75. The third-order valence-electron chi connectivity index (χ3n) is 4.05. The van der Waals surface area contributed by atoms with Crippen LogP contribution >= 0.6 is 0 Å². The summed E-state index contributed by atoms with van der Waals surface area (Å²) in [5.41, 5.74) is 1.39. The molecule has 0 spiro atoms. The van der Waals surface area contributed by atoms with Crippen molar-refractivity contribution in [3.8, 4) is 0 Å². The monoisotopic (exact) mass is 216 g/mol. The molecule has 1 aromatic rings. The number of ether oxygens (including phenoxy) is 1. The molecule has 0 aromatic heterocycles. The van der Waals surface area contributed by atoms with E-state index in [4.69, 9.17) is 4.74 Å². The SMILES string of the molecule is O=C1OCC[C@H]2[C@@H](c3ccccc3)CC[C@@H]12. The van der Waals surface area contributed by atoms with E-state index in [1.807, 2.05) is 6.07 Å². The van der Waals surface area contributed by atoms with Crippen LogP contribution in [0.4, 0.5) is 0 Å². The van der Waals surface area contributed by atoms with E-state index in [1.54, 1.807) is 0 Å². The number of carbonyl (C=O) groups is 1. The van der Waals surface area contributed by atoms with Crippen molar-refractivity contribution in [2.45, 2.75) is 25.2 Å². The number of esters is 1. The first-order chi connectivity index (χ1) is 7.86. The summed E-state index contributed by atoms with van der Waals surface area (Å²) in [6.45, 7) is 0.614. The summed E-state index contributed by atoms with van der Waals surface area (Å²) in [4.78, 5) is 11.6. The predicted molar refractivity (Wildman–Crippen MR) is 61.0 cm³/mol. The van der Waals surface area contributed by atoms with Crippen LogP contribution < -0.4 is 0 Å². The molecule has 3 rings (SSSR count). The zero-order valence-corrected chi connectivity index (χ0v) is 9.26. The van der Waals surface area contributed by atoms with Gasteiger partial charge in [0.15, 0.2) is 0 Å². The van der Waals surface area contributed by atoms with Gasteiger partial charge in [-0.15, -0.1) is 0 Å². The molecule has 0 amide bonds. The van der Waals surface area contributed by atoms with Crippen molar-refractivity contribution in [2.24, 2.45) is 11.8 Å². The number of fused-ring (bicyclic) bond motifs is 1. The maximum Gasteiger partial charge on any atom is 0.309 e. The Morgan fingerprint density at radius 3 is 2.56 bits per heavy atom. The maximum absolute atomic E-state index is 11.6. The fourth-order valence-electron chi connectivity index (χ4n) is 3.28. The molecule has 2 fully saturated rings. The molecule has 1 saturated carbocycles. The van der Waals surface area contributed by atoms with E-state index in [-0.39, 0.29) is 11.9 Å². The van der Waals surface area contributed by atoms with Gasteiger partial charge in [0.05, 0.1) is 12.5 Å². The largest absolute Gasteiger partial charge is 0.465 e. The van der Waals surface area contributed by atoms with E-state index >= 15 is 0 Å². The van der Waals surface area contributed by atoms with E-state index in [0.29, 0.717) is 18.4 Å². The topological polar surface area (TPSA) is 26.3 Å². The highest BCUT2D eigenvalue weighted by atomic mass is 16.5. The van der Waals surface area contributed by atoms with Crippen LogP contribution in [0.25, 0.3) is 0 Å². The quantitative estimate of drug-likeness (QED) is 0.675. The molecule has 0 N–H and O–H groups in total. The van der Waals surface area contributed by atoms with E-state index in [1.165, 1.54) is 5.56 Å². The zero-order chi connectivity index (χ0) is 11.0. The number of hydrogen-bond donors (Lipinski definition) is 0. The molecule has 3 atom stereocenters. The Labute approximate surface area is 95.6 Å². The molecular formula is C14H16O2. The molecule has 2 nitrogen and oxygen atoms in total. The van der Waals surface area contributed by atoms with Gasteiger partial charge in [0.2, 0.25) is 0 Å². The summed E-state index contributed by atoms with van der Waals surface area (Å²) in [5, 5.41) is 0. The number of carbonyl (C=O) groups excluding carboxylic acids is 1. The Morgan fingerprint density at radius 1 is 1.00 bits per heavy atom. The highest BCUT2D eigenvalue weighted by Gasteiger charge is 2.43. The molecule has 1 saturated heterocycles. The van der Waals surface area contributed by atoms with E-state index in [0.717, 1.165) is 19.3 Å². The van der Waals surface area contributed by atoms with E-state index in [2.05, 4.69) is 24.3 Å². The molecule has 1 aromatic carbocycles. The summed E-state index contributed by atoms with van der Waals surface area (Å²) in [6.07, 6.45) is 3.17. The van der Waals surface area contributed by atoms with Gasteiger partial charge < -0.3 is 4.74 Å². The number of cyclic esters (lactones) is 1. The average molecular weight is 216 g/mol. The van der Waals surface area contributed by atoms with Crippen LogP contribution in [-0.2, 0) is 9.53 Å². The van der Waals surface area contributed by atoms with Gasteiger partial charge in [0.25, 0.3) is 0 Å². The summed E-state index contributed by atoms with van der Waals surface area (Å²) >= 11 is 0. The number of hydrogen-bond acceptors (Lipinski definition) is 2. The normalized spacial score (nSPS) is 33.2. The van der Waals surface area contributed by atoms with Gasteiger partial charge in [-0.1, -0.05) is 30.3 Å². The minimum atomic E-state index is 0.0367. The highest BCUT2D eigenvalue weighted by molar-refractivity contribution is 5.74. The molecule has 2 heteroatoms. The van der Waals surface area contributed by atoms with Gasteiger partial charge in [0, 0.05) is 0 Å². The van der Waals surface area contributed by atoms with Gasteiger partial charge in [-0.25, -0.2) is 0 Å². The predicted octanol–water partition coefficient (Wildman–Crippen LogP) is 2.74. The summed E-state index contributed by atoms with van der Waals surface area (Å²) in [5.74, 6) is 1.29. The van der Waals surface area contributed by atoms with E-state index < -0.39 is 0 Å². The Kier molecular flexibility index (Phi) is 2.43. The molecule has 1 heterocycles. The molecule has 84 valence electrons. The van der Waals surface area contributed by atoms with E-state index in [9.17, 15) is 4.79 Å². The summed E-state index contributed by atoms with van der Waals surface area (Å²) in [6, 6.07) is 10.6. The van der Waals surface area contributed by atoms with Crippen LogP contribution in [-0.4, -0.2) is 12.6 Å². The van der Waals surface area contributed by atoms with Gasteiger partial charge in [-0.05, 0) is 36.7 Å². The second-order valence-electron chi connectivity index (χ2n) is 4.82. The lowest BCUT2D eigenvalue weighted by Crippen LogP contribution is -2.30. The lowest BCUT2D eigenvalue weighted by atomic mass is 9.82. The smallest absolute Gasteiger partial charge is 0.309 e. The Bertz CT molecular complexity index is 385. The Hall–Kier alpha value is -1.31. The molecule has 16 heavy (non-hydrogen) atoms. The third-order valence-corrected chi connectivity index (χ3v) is 4.05. The van der Waals surface area contributed by atoms with Crippen molar-refractivity contribution in [3.63, 3.8) is 0 Å². The van der Waals surface area contributed by atoms with Crippen LogP contribution in [0.2, 0.25) is 0 Å².